The molecule has 3 nitrogen and oxygen atoms in total. The number of carboxylic acids is 1. The lowest BCUT2D eigenvalue weighted by Crippen LogP contribution is -2.21. The van der Waals surface area contributed by atoms with Crippen molar-refractivity contribution in [3.63, 3.8) is 0 Å². The zero-order valence-corrected chi connectivity index (χ0v) is 10.5. The molecule has 0 aliphatic heterocycles. The van der Waals surface area contributed by atoms with Crippen LogP contribution in [0.5, 0.6) is 0 Å². The minimum atomic E-state index is -0.854. The Morgan fingerprint density at radius 1 is 1.50 bits per heavy atom. The SMILES string of the molecule is NCC(C(=O)O)c1cc(Br)c2c(c1)CCC2. The van der Waals surface area contributed by atoms with Gasteiger partial charge >= 0.3 is 5.97 Å². The van der Waals surface area contributed by atoms with Crippen molar-refractivity contribution >= 4 is 21.9 Å². The lowest BCUT2D eigenvalue weighted by atomic mass is 9.96. The van der Waals surface area contributed by atoms with Gasteiger partial charge in [-0.05, 0) is 42.0 Å². The molecule has 1 aliphatic carbocycles. The molecule has 1 atom stereocenters. The molecule has 1 aromatic carbocycles. The third-order valence-corrected chi connectivity index (χ3v) is 3.83. The first-order chi connectivity index (χ1) is 7.63. The number of halogens is 1. The van der Waals surface area contributed by atoms with E-state index in [4.69, 9.17) is 10.8 Å². The van der Waals surface area contributed by atoms with Crippen LogP contribution >= 0.6 is 15.9 Å². The molecule has 1 unspecified atom stereocenters. The summed E-state index contributed by atoms with van der Waals surface area (Å²) in [6.07, 6.45) is 3.27. The Hall–Kier alpha value is -0.870. The summed E-state index contributed by atoms with van der Waals surface area (Å²) in [6, 6.07) is 3.90. The van der Waals surface area contributed by atoms with E-state index in [2.05, 4.69) is 15.9 Å². The highest BCUT2D eigenvalue weighted by atomic mass is 79.9. The van der Waals surface area contributed by atoms with Gasteiger partial charge in [-0.25, -0.2) is 0 Å². The number of hydrogen-bond acceptors (Lipinski definition) is 2. The van der Waals surface area contributed by atoms with Gasteiger partial charge in [0, 0.05) is 11.0 Å². The molecule has 0 saturated carbocycles. The minimum Gasteiger partial charge on any atom is -0.481 e. The van der Waals surface area contributed by atoms with Crippen LogP contribution in [0.1, 0.15) is 29.0 Å². The molecule has 0 amide bonds. The molecule has 0 bridgehead atoms. The van der Waals surface area contributed by atoms with Gasteiger partial charge in [0.05, 0.1) is 5.92 Å². The van der Waals surface area contributed by atoms with Crippen molar-refractivity contribution in [2.45, 2.75) is 25.2 Å². The molecule has 1 aromatic rings. The summed E-state index contributed by atoms with van der Waals surface area (Å²) < 4.78 is 1.03. The Morgan fingerprint density at radius 2 is 2.25 bits per heavy atom. The Bertz CT molecular complexity index is 431. The number of carboxylic acid groups (broad SMARTS) is 1. The predicted octanol–water partition coefficient (Wildman–Crippen LogP) is 2.06. The van der Waals surface area contributed by atoms with Crippen LogP contribution in [0.15, 0.2) is 16.6 Å². The van der Waals surface area contributed by atoms with Gasteiger partial charge in [0.1, 0.15) is 0 Å². The van der Waals surface area contributed by atoms with Crippen molar-refractivity contribution in [1.29, 1.82) is 0 Å². The molecule has 16 heavy (non-hydrogen) atoms. The molecule has 0 heterocycles. The number of aryl methyl sites for hydroxylation is 1. The van der Waals surface area contributed by atoms with E-state index in [1.165, 1.54) is 11.1 Å². The zero-order chi connectivity index (χ0) is 11.7. The molecule has 0 fully saturated rings. The fraction of sp³-hybridized carbons (Fsp3) is 0.417. The number of carbonyl (C=O) groups is 1. The predicted molar refractivity (Wildman–Crippen MR) is 65.6 cm³/mol. The highest BCUT2D eigenvalue weighted by Gasteiger charge is 2.22. The minimum absolute atomic E-state index is 0.139. The largest absolute Gasteiger partial charge is 0.481 e. The maximum atomic E-state index is 11.0. The van der Waals surface area contributed by atoms with Crippen LogP contribution in [-0.4, -0.2) is 17.6 Å². The van der Waals surface area contributed by atoms with Crippen LogP contribution < -0.4 is 5.73 Å². The van der Waals surface area contributed by atoms with Crippen LogP contribution in [0.25, 0.3) is 0 Å². The molecule has 0 saturated heterocycles. The van der Waals surface area contributed by atoms with Crippen LogP contribution in [0.3, 0.4) is 0 Å². The third-order valence-electron chi connectivity index (χ3n) is 3.12. The topological polar surface area (TPSA) is 63.3 Å². The van der Waals surface area contributed by atoms with E-state index < -0.39 is 11.9 Å². The van der Waals surface area contributed by atoms with Crippen molar-refractivity contribution in [3.05, 3.63) is 33.3 Å². The molecule has 1 aliphatic rings. The number of nitrogens with two attached hydrogens (primary N) is 1. The molecule has 86 valence electrons. The van der Waals surface area contributed by atoms with E-state index >= 15 is 0 Å². The highest BCUT2D eigenvalue weighted by Crippen LogP contribution is 2.32. The summed E-state index contributed by atoms with van der Waals surface area (Å²) in [5.74, 6) is -1.45. The molecule has 4 heteroatoms. The summed E-state index contributed by atoms with van der Waals surface area (Å²) in [5, 5.41) is 9.07. The van der Waals surface area contributed by atoms with Gasteiger partial charge in [-0.1, -0.05) is 22.0 Å². The first-order valence-electron chi connectivity index (χ1n) is 5.37. The van der Waals surface area contributed by atoms with E-state index in [0.29, 0.717) is 0 Å². The van der Waals surface area contributed by atoms with Crippen LogP contribution in [0.2, 0.25) is 0 Å². The normalized spacial score (nSPS) is 15.9. The molecule has 2 rings (SSSR count). The molecule has 3 N–H and O–H groups in total. The molecular formula is C12H14BrNO2. The van der Waals surface area contributed by atoms with Crippen LogP contribution in [-0.2, 0) is 17.6 Å². The first-order valence-corrected chi connectivity index (χ1v) is 6.17. The van der Waals surface area contributed by atoms with Crippen LogP contribution in [0, 0.1) is 0 Å². The van der Waals surface area contributed by atoms with E-state index in [9.17, 15) is 4.79 Å². The monoisotopic (exact) mass is 283 g/mol. The second kappa shape index (κ2) is 4.55. The molecular weight excluding hydrogens is 270 g/mol. The fourth-order valence-electron chi connectivity index (χ4n) is 2.26. The second-order valence-corrected chi connectivity index (χ2v) is 4.97. The highest BCUT2D eigenvalue weighted by molar-refractivity contribution is 9.10. The summed E-state index contributed by atoms with van der Waals surface area (Å²) in [6.45, 7) is 0.139. The number of rotatable bonds is 3. The summed E-state index contributed by atoms with van der Waals surface area (Å²) >= 11 is 3.51. The Labute approximate surface area is 103 Å². The van der Waals surface area contributed by atoms with E-state index in [1.54, 1.807) is 0 Å². The second-order valence-electron chi connectivity index (χ2n) is 4.12. The van der Waals surface area contributed by atoms with Crippen molar-refractivity contribution < 1.29 is 9.90 Å². The van der Waals surface area contributed by atoms with Gasteiger partial charge in [-0.2, -0.15) is 0 Å². The van der Waals surface area contributed by atoms with Gasteiger partial charge in [-0.15, -0.1) is 0 Å². The summed E-state index contributed by atoms with van der Waals surface area (Å²) in [7, 11) is 0. The number of benzene rings is 1. The molecule has 0 radical (unpaired) electrons. The average molecular weight is 284 g/mol. The average Bonchev–Trinajstić information content (AvgIpc) is 2.66. The number of aliphatic carboxylic acids is 1. The van der Waals surface area contributed by atoms with Gasteiger partial charge in [0.25, 0.3) is 0 Å². The van der Waals surface area contributed by atoms with Gasteiger partial charge < -0.3 is 10.8 Å². The maximum Gasteiger partial charge on any atom is 0.312 e. The molecule has 0 aromatic heterocycles. The summed E-state index contributed by atoms with van der Waals surface area (Å²) in [4.78, 5) is 11.0. The third kappa shape index (κ3) is 1.99. The maximum absolute atomic E-state index is 11.0. The Balaban J connectivity index is 2.43. The van der Waals surface area contributed by atoms with E-state index in [0.717, 1.165) is 29.3 Å². The summed E-state index contributed by atoms with van der Waals surface area (Å²) in [5.41, 5.74) is 8.90. The lowest BCUT2D eigenvalue weighted by molar-refractivity contribution is -0.138. The zero-order valence-electron chi connectivity index (χ0n) is 8.87. The van der Waals surface area contributed by atoms with Gasteiger partial charge in [0.2, 0.25) is 0 Å². The van der Waals surface area contributed by atoms with Crippen molar-refractivity contribution in [2.24, 2.45) is 5.73 Å². The van der Waals surface area contributed by atoms with Crippen molar-refractivity contribution in [2.75, 3.05) is 6.54 Å². The smallest absolute Gasteiger partial charge is 0.312 e. The number of fused-ring (bicyclic) bond motifs is 1. The number of hydrogen-bond donors (Lipinski definition) is 2. The fourth-order valence-corrected chi connectivity index (χ4v) is 2.97. The van der Waals surface area contributed by atoms with E-state index in [1.807, 2.05) is 12.1 Å². The molecule has 0 spiro atoms. The van der Waals surface area contributed by atoms with Gasteiger partial charge in [0.15, 0.2) is 0 Å². The lowest BCUT2D eigenvalue weighted by Gasteiger charge is -2.13. The van der Waals surface area contributed by atoms with Crippen LogP contribution in [0.4, 0.5) is 0 Å². The van der Waals surface area contributed by atoms with E-state index in [-0.39, 0.29) is 6.54 Å². The van der Waals surface area contributed by atoms with Crippen molar-refractivity contribution in [1.82, 2.24) is 0 Å². The Morgan fingerprint density at radius 3 is 2.88 bits per heavy atom. The standard InChI is InChI=1S/C12H14BrNO2/c13-11-5-8(10(6-14)12(15)16)4-7-2-1-3-9(7)11/h4-5,10H,1-3,6,14H2,(H,15,16). The van der Waals surface area contributed by atoms with Gasteiger partial charge in [-0.3, -0.25) is 4.79 Å². The Kier molecular flexibility index (Phi) is 3.30. The first kappa shape index (κ1) is 11.6. The van der Waals surface area contributed by atoms with Crippen molar-refractivity contribution in [3.8, 4) is 0 Å². The quantitative estimate of drug-likeness (QED) is 0.893.